The van der Waals surface area contributed by atoms with Crippen LogP contribution in [-0.2, 0) is 24.2 Å². The molecule has 0 aliphatic rings. The van der Waals surface area contributed by atoms with Crippen LogP contribution in [0.15, 0.2) is 54.7 Å². The summed E-state index contributed by atoms with van der Waals surface area (Å²) < 4.78 is 0. The van der Waals surface area contributed by atoms with Crippen LogP contribution in [0.5, 0.6) is 0 Å². The molecule has 0 spiro atoms. The van der Waals surface area contributed by atoms with E-state index in [2.05, 4.69) is 29.4 Å². The predicted molar refractivity (Wildman–Crippen MR) is 97.6 cm³/mol. The third-order valence-corrected chi connectivity index (χ3v) is 4.35. The zero-order valence-electron chi connectivity index (χ0n) is 13.9. The van der Waals surface area contributed by atoms with Gasteiger partial charge in [-0.1, -0.05) is 49.4 Å². The van der Waals surface area contributed by atoms with Gasteiger partial charge in [0.1, 0.15) is 0 Å². The highest BCUT2D eigenvalue weighted by molar-refractivity contribution is 5.86. The van der Waals surface area contributed by atoms with Crippen LogP contribution in [-0.4, -0.2) is 16.9 Å². The number of carbonyl (C=O) groups excluding carboxylic acids is 1. The number of amides is 1. The number of fused-ring (bicyclic) bond motifs is 1. The van der Waals surface area contributed by atoms with Gasteiger partial charge in [-0.3, -0.25) is 4.79 Å². The molecule has 3 aromatic rings. The molecule has 3 rings (SSSR count). The molecule has 1 atom stereocenters. The van der Waals surface area contributed by atoms with Crippen LogP contribution in [0, 0.1) is 0 Å². The molecule has 4 N–H and O–H groups in total. The Balaban J connectivity index is 1.58. The lowest BCUT2D eigenvalue weighted by Gasteiger charge is -2.12. The first-order valence-corrected chi connectivity index (χ1v) is 8.33. The van der Waals surface area contributed by atoms with Crippen LogP contribution in [0.3, 0.4) is 0 Å². The van der Waals surface area contributed by atoms with Crippen molar-refractivity contribution in [1.29, 1.82) is 0 Å². The quantitative estimate of drug-likeness (QED) is 0.653. The highest BCUT2D eigenvalue weighted by atomic mass is 16.2. The molecular formula is C20H23N3O. The molecule has 0 aliphatic heterocycles. The molecule has 1 aromatic heterocycles. The highest BCUT2D eigenvalue weighted by Gasteiger charge is 2.15. The molecule has 0 aliphatic carbocycles. The van der Waals surface area contributed by atoms with Crippen LogP contribution in [0.4, 0.5) is 0 Å². The third kappa shape index (κ3) is 3.66. The summed E-state index contributed by atoms with van der Waals surface area (Å²) in [6, 6.07) is 15.8. The molecule has 0 saturated carbocycles. The van der Waals surface area contributed by atoms with Gasteiger partial charge in [0.25, 0.3) is 0 Å². The molecule has 1 amide bonds. The fourth-order valence-electron chi connectivity index (χ4n) is 2.84. The number of nitrogens with two attached hydrogens (primary N) is 1. The summed E-state index contributed by atoms with van der Waals surface area (Å²) in [6.07, 6.45) is 3.47. The van der Waals surface area contributed by atoms with E-state index in [0.29, 0.717) is 13.0 Å². The topological polar surface area (TPSA) is 70.9 Å². The second kappa shape index (κ2) is 7.32. The van der Waals surface area contributed by atoms with Crippen molar-refractivity contribution in [2.24, 2.45) is 5.73 Å². The highest BCUT2D eigenvalue weighted by Crippen LogP contribution is 2.18. The van der Waals surface area contributed by atoms with Crippen molar-refractivity contribution in [2.75, 3.05) is 0 Å². The fraction of sp³-hybridized carbons (Fsp3) is 0.250. The van der Waals surface area contributed by atoms with Gasteiger partial charge in [0.15, 0.2) is 0 Å². The molecule has 2 aromatic carbocycles. The van der Waals surface area contributed by atoms with Gasteiger partial charge in [-0.15, -0.1) is 0 Å². The number of carbonyl (C=O) groups is 1. The van der Waals surface area contributed by atoms with Gasteiger partial charge in [-0.25, -0.2) is 0 Å². The molecule has 0 saturated heterocycles. The van der Waals surface area contributed by atoms with E-state index in [-0.39, 0.29) is 5.91 Å². The van der Waals surface area contributed by atoms with Gasteiger partial charge in [-0.2, -0.15) is 0 Å². The maximum atomic E-state index is 12.3. The number of nitrogens with one attached hydrogen (secondary N) is 2. The van der Waals surface area contributed by atoms with Crippen LogP contribution in [0.1, 0.15) is 23.6 Å². The van der Waals surface area contributed by atoms with E-state index in [4.69, 9.17) is 5.73 Å². The van der Waals surface area contributed by atoms with E-state index < -0.39 is 6.04 Å². The van der Waals surface area contributed by atoms with E-state index in [1.807, 2.05) is 42.6 Å². The SMILES string of the molecule is CCc1ccc(CNC(=O)C(N)Cc2c[nH]c3ccccc23)cc1. The zero-order chi connectivity index (χ0) is 16.9. The van der Waals surface area contributed by atoms with E-state index in [9.17, 15) is 4.79 Å². The van der Waals surface area contributed by atoms with Crippen LogP contribution >= 0.6 is 0 Å². The number of rotatable bonds is 6. The molecule has 4 nitrogen and oxygen atoms in total. The number of benzene rings is 2. The van der Waals surface area contributed by atoms with Gasteiger partial charge >= 0.3 is 0 Å². The van der Waals surface area contributed by atoms with Gasteiger partial charge < -0.3 is 16.0 Å². The zero-order valence-corrected chi connectivity index (χ0v) is 13.9. The van der Waals surface area contributed by atoms with E-state index in [1.54, 1.807) is 0 Å². The van der Waals surface area contributed by atoms with Crippen LogP contribution in [0.25, 0.3) is 10.9 Å². The molecule has 124 valence electrons. The molecule has 1 unspecified atom stereocenters. The number of hydrogen-bond acceptors (Lipinski definition) is 2. The monoisotopic (exact) mass is 321 g/mol. The number of hydrogen-bond donors (Lipinski definition) is 3. The number of aryl methyl sites for hydroxylation is 1. The molecule has 1 heterocycles. The Morgan fingerprint density at radius 1 is 1.12 bits per heavy atom. The minimum Gasteiger partial charge on any atom is -0.361 e. The summed E-state index contributed by atoms with van der Waals surface area (Å²) >= 11 is 0. The summed E-state index contributed by atoms with van der Waals surface area (Å²) in [5.41, 5.74) is 10.6. The average molecular weight is 321 g/mol. The third-order valence-electron chi connectivity index (χ3n) is 4.35. The normalized spacial score (nSPS) is 12.2. The Hall–Kier alpha value is -2.59. The molecular weight excluding hydrogens is 298 g/mol. The minimum absolute atomic E-state index is 0.125. The Morgan fingerprint density at radius 2 is 1.83 bits per heavy atom. The lowest BCUT2D eigenvalue weighted by atomic mass is 10.0. The Kier molecular flexibility index (Phi) is 4.96. The largest absolute Gasteiger partial charge is 0.361 e. The van der Waals surface area contributed by atoms with Crippen LogP contribution < -0.4 is 11.1 Å². The predicted octanol–water partition coefficient (Wildman–Crippen LogP) is 2.92. The fourth-order valence-corrected chi connectivity index (χ4v) is 2.84. The number of aromatic amines is 1. The summed E-state index contributed by atoms with van der Waals surface area (Å²) in [4.78, 5) is 15.5. The van der Waals surface area contributed by atoms with Crippen molar-refractivity contribution in [3.8, 4) is 0 Å². The molecule has 0 radical (unpaired) electrons. The standard InChI is InChI=1S/C20H23N3O/c1-2-14-7-9-15(10-8-14)12-23-20(24)18(21)11-16-13-22-19-6-4-3-5-17(16)19/h3-10,13,18,22H,2,11-12,21H2,1H3,(H,23,24). The van der Waals surface area contributed by atoms with Crippen LogP contribution in [0.2, 0.25) is 0 Å². The van der Waals surface area contributed by atoms with Gasteiger partial charge in [0, 0.05) is 23.6 Å². The number of H-pyrrole nitrogens is 1. The number of aromatic nitrogens is 1. The van der Waals surface area contributed by atoms with E-state index in [1.165, 1.54) is 5.56 Å². The van der Waals surface area contributed by atoms with Gasteiger partial charge in [0.05, 0.1) is 6.04 Å². The smallest absolute Gasteiger partial charge is 0.237 e. The van der Waals surface area contributed by atoms with Gasteiger partial charge in [-0.05, 0) is 35.6 Å². The maximum Gasteiger partial charge on any atom is 0.237 e. The summed E-state index contributed by atoms with van der Waals surface area (Å²) in [7, 11) is 0. The minimum atomic E-state index is -0.556. The maximum absolute atomic E-state index is 12.3. The summed E-state index contributed by atoms with van der Waals surface area (Å²) in [6.45, 7) is 2.63. The van der Waals surface area contributed by atoms with Gasteiger partial charge in [0.2, 0.25) is 5.91 Å². The molecule has 24 heavy (non-hydrogen) atoms. The van der Waals surface area contributed by atoms with Crippen molar-refractivity contribution in [2.45, 2.75) is 32.4 Å². The average Bonchev–Trinajstić information content (AvgIpc) is 3.03. The molecule has 0 bridgehead atoms. The second-order valence-corrected chi connectivity index (χ2v) is 6.06. The molecule has 0 fully saturated rings. The summed E-state index contributed by atoms with van der Waals surface area (Å²) in [5.74, 6) is -0.125. The van der Waals surface area contributed by atoms with E-state index in [0.717, 1.165) is 28.5 Å². The first-order valence-electron chi connectivity index (χ1n) is 8.33. The van der Waals surface area contributed by atoms with Crippen molar-refractivity contribution >= 4 is 16.8 Å². The van der Waals surface area contributed by atoms with Crippen molar-refractivity contribution < 1.29 is 4.79 Å². The molecule has 4 heteroatoms. The first-order chi connectivity index (χ1) is 11.7. The first kappa shape index (κ1) is 16.3. The van der Waals surface area contributed by atoms with Crippen molar-refractivity contribution in [1.82, 2.24) is 10.3 Å². The Morgan fingerprint density at radius 3 is 2.58 bits per heavy atom. The Bertz CT molecular complexity index is 820. The van der Waals surface area contributed by atoms with Crippen molar-refractivity contribution in [3.05, 3.63) is 71.4 Å². The van der Waals surface area contributed by atoms with E-state index >= 15 is 0 Å². The lowest BCUT2D eigenvalue weighted by Crippen LogP contribution is -2.41. The second-order valence-electron chi connectivity index (χ2n) is 6.06. The van der Waals surface area contributed by atoms with Crippen molar-refractivity contribution in [3.63, 3.8) is 0 Å². The summed E-state index contributed by atoms with van der Waals surface area (Å²) in [5, 5.41) is 4.04. The number of para-hydroxylation sites is 1. The Labute approximate surface area is 142 Å². The lowest BCUT2D eigenvalue weighted by molar-refractivity contribution is -0.122.